The summed E-state index contributed by atoms with van der Waals surface area (Å²) in [6.45, 7) is -0.986. The average molecular weight is 512 g/mol. The third kappa shape index (κ3) is 4.80. The molecular weight excluding hydrogens is 494 g/mol. The lowest BCUT2D eigenvalue weighted by Crippen LogP contribution is -2.42. The van der Waals surface area contributed by atoms with Gasteiger partial charge in [-0.2, -0.15) is 13.8 Å². The molecule has 3 N–H and O–H groups in total. The molecule has 1 aromatic heterocycles. The van der Waals surface area contributed by atoms with E-state index in [0.717, 1.165) is 18.3 Å². The number of halogens is 4. The number of benzene rings is 1. The summed E-state index contributed by atoms with van der Waals surface area (Å²) in [5, 5.41) is 10.3. The van der Waals surface area contributed by atoms with Crippen LogP contribution in [0.1, 0.15) is 24.3 Å². The van der Waals surface area contributed by atoms with Crippen LogP contribution in [-0.2, 0) is 22.9 Å². The van der Waals surface area contributed by atoms with E-state index in [-0.39, 0.29) is 29.4 Å². The minimum atomic E-state index is -4.34. The Labute approximate surface area is 189 Å². The molecule has 0 aliphatic carbocycles. The number of phosphoric acid groups is 1. The fourth-order valence-electron chi connectivity index (χ4n) is 3.43. The van der Waals surface area contributed by atoms with Crippen molar-refractivity contribution in [3.8, 4) is 0 Å². The minimum Gasteiger partial charge on any atom is -0.384 e. The second-order valence-electron chi connectivity index (χ2n) is 7.31. The second-order valence-corrected chi connectivity index (χ2v) is 9.37. The smallest absolute Gasteiger partial charge is 0.384 e. The standard InChI is InChI=1S/C18H18ClF3N3O7P/c19-9-1-2-11(20)10(7-9)12-4-6-29-33(28,32-12)30-8-13-15(26)18(21,22)16(31-13)25-5-3-14(23)24-17(25)27/h1-3,5,7,12-13,15-16,26H,4,6,8H2,(H2,23,24,27)/t12-,13-,15-,16-,33+/m1/s1. The van der Waals surface area contributed by atoms with E-state index in [1.165, 1.54) is 12.1 Å². The summed E-state index contributed by atoms with van der Waals surface area (Å²) in [5.41, 5.74) is 4.26. The lowest BCUT2D eigenvalue weighted by molar-refractivity contribution is -0.140. The van der Waals surface area contributed by atoms with Crippen LogP contribution < -0.4 is 11.4 Å². The number of alkyl halides is 2. The number of rotatable bonds is 5. The van der Waals surface area contributed by atoms with Gasteiger partial charge >= 0.3 is 19.4 Å². The first-order valence-corrected chi connectivity index (χ1v) is 11.4. The van der Waals surface area contributed by atoms with Crippen molar-refractivity contribution >= 4 is 25.2 Å². The van der Waals surface area contributed by atoms with Gasteiger partial charge in [-0.3, -0.25) is 18.1 Å². The maximum atomic E-state index is 14.6. The fraction of sp³-hybridized carbons (Fsp3) is 0.444. The van der Waals surface area contributed by atoms with E-state index in [1.54, 1.807) is 0 Å². The van der Waals surface area contributed by atoms with E-state index in [4.69, 9.17) is 35.6 Å². The van der Waals surface area contributed by atoms with Crippen molar-refractivity contribution in [2.75, 3.05) is 18.9 Å². The van der Waals surface area contributed by atoms with Gasteiger partial charge in [-0.15, -0.1) is 0 Å². The van der Waals surface area contributed by atoms with Gasteiger partial charge in [0.25, 0.3) is 0 Å². The van der Waals surface area contributed by atoms with E-state index >= 15 is 0 Å². The van der Waals surface area contributed by atoms with E-state index < -0.39 is 56.4 Å². The van der Waals surface area contributed by atoms with Gasteiger partial charge in [0, 0.05) is 23.2 Å². The zero-order chi connectivity index (χ0) is 24.0. The normalized spacial score (nSPS) is 31.5. The minimum absolute atomic E-state index is 0.0219. The predicted molar refractivity (Wildman–Crippen MR) is 107 cm³/mol. The van der Waals surface area contributed by atoms with Crippen LogP contribution in [0.4, 0.5) is 19.0 Å². The van der Waals surface area contributed by atoms with Gasteiger partial charge < -0.3 is 15.6 Å². The Morgan fingerprint density at radius 3 is 2.88 bits per heavy atom. The molecule has 2 saturated heterocycles. The molecule has 2 fully saturated rings. The summed E-state index contributed by atoms with van der Waals surface area (Å²) in [7, 11) is -4.34. The molecule has 1 aromatic carbocycles. The van der Waals surface area contributed by atoms with Crippen molar-refractivity contribution in [1.29, 1.82) is 0 Å². The quantitative estimate of drug-likeness (QED) is 0.581. The van der Waals surface area contributed by atoms with Crippen LogP contribution in [0.3, 0.4) is 0 Å². The molecule has 10 nitrogen and oxygen atoms in total. The van der Waals surface area contributed by atoms with E-state index in [1.807, 2.05) is 0 Å². The number of aliphatic hydroxyl groups is 1. The Hall–Kier alpha value is -1.99. The number of aromatic nitrogens is 2. The number of nitrogens with zero attached hydrogens (tertiary/aromatic N) is 2. The molecule has 0 saturated carbocycles. The Morgan fingerprint density at radius 1 is 1.39 bits per heavy atom. The number of hydrogen-bond donors (Lipinski definition) is 2. The monoisotopic (exact) mass is 511 g/mol. The van der Waals surface area contributed by atoms with Crippen LogP contribution in [0.2, 0.25) is 5.02 Å². The van der Waals surface area contributed by atoms with Crippen molar-refractivity contribution < 1.29 is 41.2 Å². The Bertz CT molecular complexity index is 1150. The van der Waals surface area contributed by atoms with Crippen molar-refractivity contribution in [2.24, 2.45) is 0 Å². The molecule has 5 atom stereocenters. The molecule has 0 unspecified atom stereocenters. The molecule has 4 rings (SSSR count). The lowest BCUT2D eigenvalue weighted by Gasteiger charge is -2.30. The predicted octanol–water partition coefficient (Wildman–Crippen LogP) is 2.81. The maximum absolute atomic E-state index is 14.6. The summed E-state index contributed by atoms with van der Waals surface area (Å²) >= 11 is 5.88. The Kier molecular flexibility index (Phi) is 6.58. The van der Waals surface area contributed by atoms with Crippen molar-refractivity contribution in [2.45, 2.75) is 36.9 Å². The second kappa shape index (κ2) is 8.99. The third-order valence-electron chi connectivity index (χ3n) is 5.07. The molecule has 2 aliphatic rings. The van der Waals surface area contributed by atoms with Crippen molar-refractivity contribution in [1.82, 2.24) is 9.55 Å². The summed E-state index contributed by atoms with van der Waals surface area (Å²) < 4.78 is 77.2. The highest BCUT2D eigenvalue weighted by molar-refractivity contribution is 7.48. The molecule has 15 heteroatoms. The number of nitrogens with two attached hydrogens (primary N) is 1. The van der Waals surface area contributed by atoms with Crippen LogP contribution in [0.15, 0.2) is 35.3 Å². The van der Waals surface area contributed by atoms with E-state index in [2.05, 4.69) is 4.98 Å². The van der Waals surface area contributed by atoms with Gasteiger partial charge in [0.2, 0.25) is 6.23 Å². The fourth-order valence-corrected chi connectivity index (χ4v) is 4.99. The number of nitrogen functional groups attached to an aromatic ring is 1. The summed E-state index contributed by atoms with van der Waals surface area (Å²) in [6.07, 6.45) is -6.32. The SMILES string of the molecule is Nc1ccn([C@@H]2O[C@H](CO[P@]3(=O)OCC[C@H](c4cc(Cl)ccc4F)O3)[C@@H](O)C2(F)F)c(=O)n1. The first-order chi connectivity index (χ1) is 15.5. The highest BCUT2D eigenvalue weighted by Gasteiger charge is 2.60. The molecule has 0 amide bonds. The average Bonchev–Trinajstić information content (AvgIpc) is 2.97. The number of anilines is 1. The van der Waals surface area contributed by atoms with Gasteiger partial charge in [0.05, 0.1) is 19.3 Å². The van der Waals surface area contributed by atoms with Crippen molar-refractivity contribution in [3.63, 3.8) is 0 Å². The first-order valence-electron chi connectivity index (χ1n) is 9.58. The van der Waals surface area contributed by atoms with Gasteiger partial charge in [-0.25, -0.2) is 13.8 Å². The van der Waals surface area contributed by atoms with E-state index in [0.29, 0.717) is 4.57 Å². The van der Waals surface area contributed by atoms with Gasteiger partial charge in [-0.1, -0.05) is 11.6 Å². The van der Waals surface area contributed by atoms with Gasteiger partial charge in [-0.05, 0) is 24.3 Å². The van der Waals surface area contributed by atoms with Crippen LogP contribution in [0.25, 0.3) is 0 Å². The molecule has 0 spiro atoms. The number of hydrogen-bond acceptors (Lipinski definition) is 9. The molecule has 0 bridgehead atoms. The van der Waals surface area contributed by atoms with E-state index in [9.17, 15) is 27.6 Å². The molecule has 2 aliphatic heterocycles. The topological polar surface area (TPSA) is 135 Å². The largest absolute Gasteiger partial charge is 0.475 e. The Balaban J connectivity index is 1.47. The van der Waals surface area contributed by atoms with Crippen LogP contribution in [-0.4, -0.2) is 46.0 Å². The summed E-state index contributed by atoms with van der Waals surface area (Å²) in [4.78, 5) is 15.3. The zero-order valence-corrected chi connectivity index (χ0v) is 18.3. The molecular formula is C18H18ClF3N3O7P. The molecule has 3 heterocycles. The van der Waals surface area contributed by atoms with Crippen molar-refractivity contribution in [3.05, 3.63) is 57.3 Å². The number of aliphatic hydroxyl groups excluding tert-OH is 1. The number of ether oxygens (including phenoxy) is 1. The third-order valence-corrected chi connectivity index (χ3v) is 6.78. The number of phosphoric ester groups is 1. The highest BCUT2D eigenvalue weighted by atomic mass is 35.5. The lowest BCUT2D eigenvalue weighted by atomic mass is 10.1. The molecule has 180 valence electrons. The zero-order valence-electron chi connectivity index (χ0n) is 16.6. The maximum Gasteiger partial charge on any atom is 0.475 e. The molecule has 33 heavy (non-hydrogen) atoms. The molecule has 0 radical (unpaired) electrons. The van der Waals surface area contributed by atoms with Crippen LogP contribution >= 0.6 is 19.4 Å². The highest BCUT2D eigenvalue weighted by Crippen LogP contribution is 2.58. The van der Waals surface area contributed by atoms with Crippen LogP contribution in [0, 0.1) is 5.82 Å². The molecule has 2 aromatic rings. The van der Waals surface area contributed by atoms with Gasteiger partial charge in [0.15, 0.2) is 6.10 Å². The Morgan fingerprint density at radius 2 is 2.15 bits per heavy atom. The summed E-state index contributed by atoms with van der Waals surface area (Å²) in [6, 6.07) is 4.84. The van der Waals surface area contributed by atoms with Gasteiger partial charge in [0.1, 0.15) is 17.7 Å². The first kappa shape index (κ1) is 24.1. The summed E-state index contributed by atoms with van der Waals surface area (Å²) in [5.74, 6) is -4.77. The van der Waals surface area contributed by atoms with Crippen LogP contribution in [0.5, 0.6) is 0 Å².